The Hall–Kier alpha value is -1.30. The Balaban J connectivity index is 2.57. The van der Waals surface area contributed by atoms with Gasteiger partial charge in [0.1, 0.15) is 6.04 Å². The van der Waals surface area contributed by atoms with E-state index >= 15 is 0 Å². The number of hydrogen-bond acceptors (Lipinski definition) is 3. The largest absolute Gasteiger partial charge is 0.480 e. The van der Waals surface area contributed by atoms with E-state index in [-0.39, 0.29) is 18.4 Å². The number of piperidine rings is 1. The van der Waals surface area contributed by atoms with Gasteiger partial charge < -0.3 is 20.4 Å². The number of hydrogen-bond donors (Lipinski definition) is 3. The summed E-state index contributed by atoms with van der Waals surface area (Å²) in [4.78, 5) is 24.4. The van der Waals surface area contributed by atoms with Crippen molar-refractivity contribution in [3.63, 3.8) is 0 Å². The molecule has 2 unspecified atom stereocenters. The van der Waals surface area contributed by atoms with Crippen molar-refractivity contribution >= 4 is 12.0 Å². The molecule has 0 spiro atoms. The number of urea groups is 1. The van der Waals surface area contributed by atoms with Gasteiger partial charge in [0.05, 0.1) is 6.10 Å². The molecule has 0 bridgehead atoms. The molecule has 2 amide bonds. The van der Waals surface area contributed by atoms with Gasteiger partial charge in [-0.2, -0.15) is 0 Å². The van der Waals surface area contributed by atoms with Gasteiger partial charge in [0, 0.05) is 13.1 Å². The van der Waals surface area contributed by atoms with Crippen LogP contribution in [-0.4, -0.2) is 52.3 Å². The third kappa shape index (κ3) is 3.60. The van der Waals surface area contributed by atoms with Crippen molar-refractivity contribution in [2.45, 2.75) is 39.3 Å². The Bertz CT molecular complexity index is 319. The number of aliphatic hydroxyl groups is 1. The Labute approximate surface area is 107 Å². The number of nitrogens with zero attached hydrogens (tertiary/aromatic N) is 1. The lowest BCUT2D eigenvalue weighted by molar-refractivity contribution is -0.140. The third-order valence-corrected chi connectivity index (χ3v) is 3.42. The standard InChI is InChI=1S/C12H22N2O4/c1-7(2)10(11(16)17)13-12(18)14-5-4-8(3)9(15)6-14/h7-10,15H,4-6H2,1-3H3,(H,13,18)(H,16,17)/t8?,9?,10-/m0/s1. The van der Waals surface area contributed by atoms with E-state index in [1.54, 1.807) is 13.8 Å². The number of aliphatic carboxylic acids is 1. The van der Waals surface area contributed by atoms with Crippen molar-refractivity contribution in [2.24, 2.45) is 11.8 Å². The summed E-state index contributed by atoms with van der Waals surface area (Å²) in [5.41, 5.74) is 0. The van der Waals surface area contributed by atoms with Crippen molar-refractivity contribution < 1.29 is 19.8 Å². The monoisotopic (exact) mass is 258 g/mol. The molecule has 0 aromatic carbocycles. The molecule has 104 valence electrons. The molecule has 6 heteroatoms. The van der Waals surface area contributed by atoms with Gasteiger partial charge in [-0.25, -0.2) is 9.59 Å². The molecule has 1 rings (SSSR count). The molecular formula is C12H22N2O4. The second-order valence-corrected chi connectivity index (χ2v) is 5.29. The van der Waals surface area contributed by atoms with Crippen LogP contribution in [0.25, 0.3) is 0 Å². The van der Waals surface area contributed by atoms with Gasteiger partial charge in [0.15, 0.2) is 0 Å². The van der Waals surface area contributed by atoms with Crippen molar-refractivity contribution in [3.05, 3.63) is 0 Å². The summed E-state index contributed by atoms with van der Waals surface area (Å²) in [6.45, 7) is 6.23. The molecular weight excluding hydrogens is 236 g/mol. The number of carbonyl (C=O) groups is 2. The molecule has 0 aliphatic carbocycles. The molecule has 18 heavy (non-hydrogen) atoms. The number of aliphatic hydroxyl groups excluding tert-OH is 1. The van der Waals surface area contributed by atoms with Crippen LogP contribution >= 0.6 is 0 Å². The fourth-order valence-electron chi connectivity index (χ4n) is 1.97. The van der Waals surface area contributed by atoms with Crippen LogP contribution in [0.2, 0.25) is 0 Å². The highest BCUT2D eigenvalue weighted by atomic mass is 16.4. The van der Waals surface area contributed by atoms with Crippen LogP contribution in [-0.2, 0) is 4.79 Å². The number of likely N-dealkylation sites (tertiary alicyclic amines) is 1. The summed E-state index contributed by atoms with van der Waals surface area (Å²) >= 11 is 0. The van der Waals surface area contributed by atoms with Crippen LogP contribution in [0.1, 0.15) is 27.2 Å². The van der Waals surface area contributed by atoms with Gasteiger partial charge in [-0.15, -0.1) is 0 Å². The topological polar surface area (TPSA) is 89.9 Å². The van der Waals surface area contributed by atoms with Crippen LogP contribution in [0.5, 0.6) is 0 Å². The highest BCUT2D eigenvalue weighted by molar-refractivity contribution is 5.82. The molecule has 1 saturated heterocycles. The van der Waals surface area contributed by atoms with Crippen LogP contribution in [0.15, 0.2) is 0 Å². The summed E-state index contributed by atoms with van der Waals surface area (Å²) in [5, 5.41) is 21.2. The van der Waals surface area contributed by atoms with Crippen molar-refractivity contribution in [1.29, 1.82) is 0 Å². The molecule has 1 fully saturated rings. The number of amides is 2. The van der Waals surface area contributed by atoms with Gasteiger partial charge in [-0.1, -0.05) is 20.8 Å². The molecule has 0 aromatic rings. The summed E-state index contributed by atoms with van der Waals surface area (Å²) in [7, 11) is 0. The van der Waals surface area contributed by atoms with E-state index in [1.807, 2.05) is 6.92 Å². The van der Waals surface area contributed by atoms with Crippen LogP contribution in [0, 0.1) is 11.8 Å². The number of carbonyl (C=O) groups excluding carboxylic acids is 1. The molecule has 1 aliphatic rings. The molecule has 6 nitrogen and oxygen atoms in total. The normalized spacial score (nSPS) is 25.9. The molecule has 1 heterocycles. The van der Waals surface area contributed by atoms with E-state index in [9.17, 15) is 14.7 Å². The van der Waals surface area contributed by atoms with Gasteiger partial charge >= 0.3 is 12.0 Å². The average molecular weight is 258 g/mol. The smallest absolute Gasteiger partial charge is 0.326 e. The third-order valence-electron chi connectivity index (χ3n) is 3.42. The predicted molar refractivity (Wildman–Crippen MR) is 66.2 cm³/mol. The summed E-state index contributed by atoms with van der Waals surface area (Å²) < 4.78 is 0. The second kappa shape index (κ2) is 6.04. The molecule has 1 aliphatic heterocycles. The number of carboxylic acids is 1. The first-order valence-electron chi connectivity index (χ1n) is 6.29. The number of nitrogens with one attached hydrogen (secondary N) is 1. The lowest BCUT2D eigenvalue weighted by Crippen LogP contribution is -2.54. The van der Waals surface area contributed by atoms with Crippen LogP contribution in [0.3, 0.4) is 0 Å². The molecule has 3 atom stereocenters. The van der Waals surface area contributed by atoms with Crippen molar-refractivity contribution in [2.75, 3.05) is 13.1 Å². The molecule has 0 radical (unpaired) electrons. The van der Waals surface area contributed by atoms with Crippen molar-refractivity contribution in [1.82, 2.24) is 10.2 Å². The maximum Gasteiger partial charge on any atom is 0.326 e. The minimum Gasteiger partial charge on any atom is -0.480 e. The highest BCUT2D eigenvalue weighted by Crippen LogP contribution is 2.17. The molecule has 3 N–H and O–H groups in total. The zero-order valence-electron chi connectivity index (χ0n) is 11.1. The quantitative estimate of drug-likeness (QED) is 0.688. The van der Waals surface area contributed by atoms with Gasteiger partial charge in [-0.3, -0.25) is 0 Å². The second-order valence-electron chi connectivity index (χ2n) is 5.29. The Morgan fingerprint density at radius 3 is 2.44 bits per heavy atom. The zero-order chi connectivity index (χ0) is 13.9. The Kier molecular flexibility index (Phi) is 4.95. The maximum atomic E-state index is 11.9. The van der Waals surface area contributed by atoms with E-state index in [0.717, 1.165) is 6.42 Å². The van der Waals surface area contributed by atoms with Gasteiger partial charge in [0.25, 0.3) is 0 Å². The van der Waals surface area contributed by atoms with E-state index < -0.39 is 24.1 Å². The van der Waals surface area contributed by atoms with Crippen LogP contribution < -0.4 is 5.32 Å². The van der Waals surface area contributed by atoms with E-state index in [4.69, 9.17) is 5.11 Å². The Morgan fingerprint density at radius 2 is 2.00 bits per heavy atom. The van der Waals surface area contributed by atoms with E-state index in [0.29, 0.717) is 6.54 Å². The number of β-amino-alcohol motifs (C(OH)–C–C–N with tert-alkyl or cyclic N) is 1. The summed E-state index contributed by atoms with van der Waals surface area (Å²) in [6, 6.07) is -1.31. The molecule has 0 aromatic heterocycles. The molecule has 0 saturated carbocycles. The fourth-order valence-corrected chi connectivity index (χ4v) is 1.97. The van der Waals surface area contributed by atoms with Crippen LogP contribution in [0.4, 0.5) is 4.79 Å². The Morgan fingerprint density at radius 1 is 1.39 bits per heavy atom. The van der Waals surface area contributed by atoms with E-state index in [1.165, 1.54) is 4.90 Å². The first-order chi connectivity index (χ1) is 8.32. The maximum absolute atomic E-state index is 11.9. The SMILES string of the molecule is CC1CCN(C(=O)N[C@H](C(=O)O)C(C)C)CC1O. The minimum atomic E-state index is -1.04. The average Bonchev–Trinajstić information content (AvgIpc) is 2.28. The summed E-state index contributed by atoms with van der Waals surface area (Å²) in [5.74, 6) is -1.04. The summed E-state index contributed by atoms with van der Waals surface area (Å²) in [6.07, 6.45) is 0.195. The van der Waals surface area contributed by atoms with Crippen molar-refractivity contribution in [3.8, 4) is 0 Å². The van der Waals surface area contributed by atoms with E-state index in [2.05, 4.69) is 5.32 Å². The van der Waals surface area contributed by atoms with Gasteiger partial charge in [-0.05, 0) is 18.3 Å². The number of rotatable bonds is 3. The fraction of sp³-hybridized carbons (Fsp3) is 0.833. The first-order valence-corrected chi connectivity index (χ1v) is 6.29. The minimum absolute atomic E-state index is 0.175. The predicted octanol–water partition coefficient (Wildman–Crippen LogP) is 0.508. The zero-order valence-corrected chi connectivity index (χ0v) is 11.1. The highest BCUT2D eigenvalue weighted by Gasteiger charge is 2.30. The number of carboxylic acid groups (broad SMARTS) is 1. The first kappa shape index (κ1) is 14.8. The lowest BCUT2D eigenvalue weighted by atomic mass is 9.96. The van der Waals surface area contributed by atoms with Gasteiger partial charge in [0.2, 0.25) is 0 Å². The lowest BCUT2D eigenvalue weighted by Gasteiger charge is -2.35.